The summed E-state index contributed by atoms with van der Waals surface area (Å²) in [4.78, 5) is 11.3. The lowest BCUT2D eigenvalue weighted by atomic mass is 9.84. The predicted octanol–water partition coefficient (Wildman–Crippen LogP) is 1.20. The molecule has 0 spiro atoms. The summed E-state index contributed by atoms with van der Waals surface area (Å²) in [6.45, 7) is 4.23. The Morgan fingerprint density at radius 3 is 2.86 bits per heavy atom. The Morgan fingerprint density at radius 1 is 1.50 bits per heavy atom. The first-order chi connectivity index (χ1) is 6.77. The minimum absolute atomic E-state index is 0.0744. The first-order valence-corrected chi connectivity index (χ1v) is 5.38. The average Bonchev–Trinajstić information content (AvgIpc) is 2.19. The Labute approximate surface area is 85.7 Å². The molecule has 2 unspecified atom stereocenters. The van der Waals surface area contributed by atoms with Crippen LogP contribution in [0.2, 0.25) is 0 Å². The van der Waals surface area contributed by atoms with Crippen LogP contribution in [0.3, 0.4) is 0 Å². The molecule has 0 bridgehead atoms. The number of amides is 1. The normalized spacial score (nSPS) is 26.9. The second-order valence-electron chi connectivity index (χ2n) is 3.95. The largest absolute Gasteiger partial charge is 0.353 e. The summed E-state index contributed by atoms with van der Waals surface area (Å²) >= 11 is 0. The van der Waals surface area contributed by atoms with Gasteiger partial charge >= 0.3 is 0 Å². The Kier molecular flexibility index (Phi) is 4.66. The van der Waals surface area contributed by atoms with Crippen molar-refractivity contribution in [2.45, 2.75) is 38.1 Å². The zero-order valence-electron chi connectivity index (χ0n) is 8.67. The molecule has 1 amide bonds. The summed E-state index contributed by atoms with van der Waals surface area (Å²) < 4.78 is 0. The van der Waals surface area contributed by atoms with Crippen molar-refractivity contribution in [2.24, 2.45) is 11.7 Å². The van der Waals surface area contributed by atoms with Crippen molar-refractivity contribution >= 4 is 5.91 Å². The predicted molar refractivity (Wildman–Crippen MR) is 57.8 cm³/mol. The van der Waals surface area contributed by atoms with Crippen molar-refractivity contribution < 1.29 is 4.79 Å². The topological polar surface area (TPSA) is 55.1 Å². The van der Waals surface area contributed by atoms with E-state index in [0.717, 1.165) is 12.8 Å². The van der Waals surface area contributed by atoms with Crippen LogP contribution in [0, 0.1) is 5.92 Å². The Balaban J connectivity index is 2.39. The van der Waals surface area contributed by atoms with Gasteiger partial charge < -0.3 is 11.1 Å². The summed E-state index contributed by atoms with van der Waals surface area (Å²) in [7, 11) is 0. The van der Waals surface area contributed by atoms with Crippen LogP contribution in [0.25, 0.3) is 0 Å². The van der Waals surface area contributed by atoms with Crippen LogP contribution in [0.15, 0.2) is 12.7 Å². The molecule has 1 aliphatic rings. The zero-order valence-corrected chi connectivity index (χ0v) is 8.67. The van der Waals surface area contributed by atoms with Crippen molar-refractivity contribution in [1.82, 2.24) is 5.32 Å². The van der Waals surface area contributed by atoms with Crippen molar-refractivity contribution in [3.8, 4) is 0 Å². The molecule has 80 valence electrons. The molecule has 0 aromatic heterocycles. The number of hydrogen-bond donors (Lipinski definition) is 2. The highest BCUT2D eigenvalue weighted by Gasteiger charge is 2.24. The first kappa shape index (κ1) is 11.2. The van der Waals surface area contributed by atoms with E-state index in [1.54, 1.807) is 6.08 Å². The van der Waals surface area contributed by atoms with E-state index >= 15 is 0 Å². The number of carbonyl (C=O) groups excluding carboxylic acids is 1. The van der Waals surface area contributed by atoms with E-state index in [1.807, 2.05) is 0 Å². The molecule has 1 fully saturated rings. The Morgan fingerprint density at radius 2 is 2.21 bits per heavy atom. The fourth-order valence-electron chi connectivity index (χ4n) is 2.08. The van der Waals surface area contributed by atoms with E-state index in [2.05, 4.69) is 11.9 Å². The van der Waals surface area contributed by atoms with Gasteiger partial charge in [-0.1, -0.05) is 18.9 Å². The van der Waals surface area contributed by atoms with Gasteiger partial charge in [-0.25, -0.2) is 0 Å². The van der Waals surface area contributed by atoms with Gasteiger partial charge in [0, 0.05) is 12.5 Å². The summed E-state index contributed by atoms with van der Waals surface area (Å²) in [5.41, 5.74) is 5.67. The van der Waals surface area contributed by atoms with Gasteiger partial charge in [-0.05, 0) is 25.3 Å². The van der Waals surface area contributed by atoms with Crippen LogP contribution in [-0.2, 0) is 4.79 Å². The average molecular weight is 196 g/mol. The highest BCUT2D eigenvalue weighted by molar-refractivity contribution is 5.77. The number of hydrogen-bond acceptors (Lipinski definition) is 2. The third-order valence-electron chi connectivity index (χ3n) is 2.89. The molecule has 3 heteroatoms. The third kappa shape index (κ3) is 3.14. The molecule has 1 saturated carbocycles. The highest BCUT2D eigenvalue weighted by Crippen LogP contribution is 2.23. The van der Waals surface area contributed by atoms with Crippen LogP contribution in [0.1, 0.15) is 32.1 Å². The van der Waals surface area contributed by atoms with Crippen molar-refractivity contribution in [3.63, 3.8) is 0 Å². The molecule has 0 aromatic carbocycles. The van der Waals surface area contributed by atoms with Crippen molar-refractivity contribution in [2.75, 3.05) is 6.54 Å². The van der Waals surface area contributed by atoms with Crippen LogP contribution in [0.4, 0.5) is 0 Å². The van der Waals surface area contributed by atoms with E-state index in [-0.39, 0.29) is 5.91 Å². The molecule has 1 rings (SSSR count). The summed E-state index contributed by atoms with van der Waals surface area (Å²) in [5, 5.41) is 3.03. The van der Waals surface area contributed by atoms with Crippen LogP contribution < -0.4 is 11.1 Å². The number of carbonyl (C=O) groups is 1. The maximum atomic E-state index is 11.3. The van der Waals surface area contributed by atoms with Crippen LogP contribution in [0.5, 0.6) is 0 Å². The molecule has 3 N–H and O–H groups in total. The van der Waals surface area contributed by atoms with Crippen molar-refractivity contribution in [3.05, 3.63) is 12.7 Å². The molecule has 0 aromatic rings. The molecule has 0 radical (unpaired) electrons. The third-order valence-corrected chi connectivity index (χ3v) is 2.89. The highest BCUT2D eigenvalue weighted by atomic mass is 16.1. The van der Waals surface area contributed by atoms with Gasteiger partial charge in [0.1, 0.15) is 0 Å². The molecule has 14 heavy (non-hydrogen) atoms. The minimum Gasteiger partial charge on any atom is -0.353 e. The SMILES string of the molecule is C=CCC(=O)NC1CCCCC1CN. The monoisotopic (exact) mass is 196 g/mol. The molecule has 0 heterocycles. The van der Waals surface area contributed by atoms with E-state index in [9.17, 15) is 4.79 Å². The van der Waals surface area contributed by atoms with Gasteiger partial charge in [0.25, 0.3) is 0 Å². The van der Waals surface area contributed by atoms with E-state index < -0.39 is 0 Å². The molecular weight excluding hydrogens is 176 g/mol. The lowest BCUT2D eigenvalue weighted by molar-refractivity contribution is -0.121. The van der Waals surface area contributed by atoms with Gasteiger partial charge in [-0.2, -0.15) is 0 Å². The summed E-state index contributed by atoms with van der Waals surface area (Å²) in [5.74, 6) is 0.544. The lowest BCUT2D eigenvalue weighted by Crippen LogP contribution is -2.44. The molecule has 1 aliphatic carbocycles. The molecule has 3 nitrogen and oxygen atoms in total. The van der Waals surface area contributed by atoms with E-state index in [1.165, 1.54) is 12.8 Å². The fourth-order valence-corrected chi connectivity index (χ4v) is 2.08. The van der Waals surface area contributed by atoms with Gasteiger partial charge in [0.2, 0.25) is 5.91 Å². The number of nitrogens with one attached hydrogen (secondary N) is 1. The second kappa shape index (κ2) is 5.81. The van der Waals surface area contributed by atoms with Crippen LogP contribution >= 0.6 is 0 Å². The maximum Gasteiger partial charge on any atom is 0.224 e. The minimum atomic E-state index is 0.0744. The number of rotatable bonds is 4. The van der Waals surface area contributed by atoms with E-state index in [4.69, 9.17) is 5.73 Å². The second-order valence-corrected chi connectivity index (χ2v) is 3.95. The fraction of sp³-hybridized carbons (Fsp3) is 0.727. The smallest absolute Gasteiger partial charge is 0.224 e. The molecule has 0 saturated heterocycles. The maximum absolute atomic E-state index is 11.3. The van der Waals surface area contributed by atoms with Gasteiger partial charge in [-0.15, -0.1) is 6.58 Å². The first-order valence-electron chi connectivity index (χ1n) is 5.38. The Hall–Kier alpha value is -0.830. The van der Waals surface area contributed by atoms with Gasteiger partial charge in [-0.3, -0.25) is 4.79 Å². The molecule has 2 atom stereocenters. The molecular formula is C11H20N2O. The van der Waals surface area contributed by atoms with Crippen LogP contribution in [-0.4, -0.2) is 18.5 Å². The zero-order chi connectivity index (χ0) is 10.4. The standard InChI is InChI=1S/C11H20N2O/c1-2-5-11(14)13-10-7-4-3-6-9(10)8-12/h2,9-10H,1,3-8,12H2,(H,13,14). The molecule has 0 aliphatic heterocycles. The van der Waals surface area contributed by atoms with Gasteiger partial charge in [0.15, 0.2) is 0 Å². The van der Waals surface area contributed by atoms with E-state index in [0.29, 0.717) is 24.9 Å². The summed E-state index contributed by atoms with van der Waals surface area (Å²) in [6, 6.07) is 0.293. The Bertz CT molecular complexity index is 203. The van der Waals surface area contributed by atoms with Crippen molar-refractivity contribution in [1.29, 1.82) is 0 Å². The lowest BCUT2D eigenvalue weighted by Gasteiger charge is -2.31. The number of nitrogens with two attached hydrogens (primary N) is 1. The summed E-state index contributed by atoms with van der Waals surface area (Å²) in [6.07, 6.45) is 6.72. The quantitative estimate of drug-likeness (QED) is 0.664. The van der Waals surface area contributed by atoms with Gasteiger partial charge in [0.05, 0.1) is 0 Å².